The van der Waals surface area contributed by atoms with Crippen LogP contribution in [0.4, 0.5) is 9.59 Å². The van der Waals surface area contributed by atoms with Crippen LogP contribution in [0.2, 0.25) is 0 Å². The number of carboxylic acid groups (broad SMARTS) is 5. The van der Waals surface area contributed by atoms with E-state index in [0.717, 1.165) is 103 Å². The van der Waals surface area contributed by atoms with E-state index in [1.54, 1.807) is 6.92 Å². The van der Waals surface area contributed by atoms with Gasteiger partial charge in [0, 0.05) is 68.2 Å². The number of rotatable bonds is 27. The molecule has 8 atom stereocenters. The van der Waals surface area contributed by atoms with Crippen LogP contribution >= 0.6 is 45.6 Å². The van der Waals surface area contributed by atoms with Gasteiger partial charge in [0.15, 0.2) is 0 Å². The van der Waals surface area contributed by atoms with E-state index in [1.807, 2.05) is 46.4 Å². The number of aliphatic carboxylic acids is 5. The van der Waals surface area contributed by atoms with Crippen molar-refractivity contribution in [2.45, 2.75) is 231 Å². The van der Waals surface area contributed by atoms with E-state index in [2.05, 4.69) is 28.2 Å². The summed E-state index contributed by atoms with van der Waals surface area (Å²) in [5.41, 5.74) is 16.5. The molecule has 3 fully saturated rings. The number of unbranched alkanes of at least 4 members (excludes halogenated alkanes) is 8. The van der Waals surface area contributed by atoms with E-state index >= 15 is 0 Å². The molecule has 0 aliphatic carbocycles. The molecule has 0 radical (unpaired) electrons. The first-order valence-corrected chi connectivity index (χ1v) is 34.0. The molecule has 8 unspecified atom stereocenters. The van der Waals surface area contributed by atoms with Gasteiger partial charge in [0.25, 0.3) is 5.97 Å². The number of carboxylic acids is 5. The number of carbonyl (C=O) groups excluding carboxylic acids is 3. The number of fused-ring (bicyclic) bond motifs is 1. The molecule has 0 aromatic carbocycles. The second-order valence-corrected chi connectivity index (χ2v) is 24.9. The monoisotopic (exact) mass is 1270 g/mol. The van der Waals surface area contributed by atoms with E-state index in [-0.39, 0.29) is 79.4 Å². The number of amides is 4. The van der Waals surface area contributed by atoms with Crippen LogP contribution in [0.3, 0.4) is 0 Å². The van der Waals surface area contributed by atoms with Crippen LogP contribution < -0.4 is 38.5 Å². The second-order valence-electron chi connectivity index (χ2n) is 16.4. The first-order valence-electron chi connectivity index (χ1n) is 24.8. The van der Waals surface area contributed by atoms with E-state index in [0.29, 0.717) is 23.1 Å². The molecule has 3 heterocycles. The first kappa shape index (κ1) is 74.4. The van der Waals surface area contributed by atoms with Crippen LogP contribution in [0.15, 0.2) is 0 Å². The zero-order valence-electron chi connectivity index (χ0n) is 44.4. The second kappa shape index (κ2) is 53.2. The Hall–Kier alpha value is -3.09. The Morgan fingerprint density at radius 3 is 1.54 bits per heavy atom. The van der Waals surface area contributed by atoms with E-state index in [1.165, 1.54) is 6.42 Å². The SMILES string of the molecule is CC.CC(=O)O.CC(N)C(N)CCCCCC(=O)O.CC1NC(=O)NC1CCCCCC(=O)O.CCC(=O)C(C)N.CCCCCCC(=O)O.O=C(O)CCCCC1SCC2NC(=O)NC21.[3H]I(B=O)I=N. The average Bonchev–Trinajstić information content (AvgIpc) is 3.98. The van der Waals surface area contributed by atoms with Gasteiger partial charge in [-0.1, -0.05) is 79.1 Å². The van der Waals surface area contributed by atoms with Gasteiger partial charge in [-0.15, -0.1) is 0 Å². The molecule has 3 aliphatic rings. The van der Waals surface area contributed by atoms with Gasteiger partial charge in [0.05, 0.1) is 24.2 Å². The van der Waals surface area contributed by atoms with Crippen molar-refractivity contribution in [3.8, 4) is 0 Å². The Labute approximate surface area is 443 Å². The van der Waals surface area contributed by atoms with Gasteiger partial charge in [0.1, 0.15) is 5.78 Å². The van der Waals surface area contributed by atoms with Crippen LogP contribution in [0.25, 0.3) is 0 Å². The van der Waals surface area contributed by atoms with Gasteiger partial charge >= 0.3 is 83.7 Å². The maximum atomic E-state index is 11.1. The normalized spacial score (nSPS) is 19.1. The Kier molecular flexibility index (Phi) is 55.8. The van der Waals surface area contributed by atoms with Crippen molar-refractivity contribution in [2.24, 2.45) is 17.2 Å². The zero-order chi connectivity index (χ0) is 56.6. The standard InChI is InChI=1S/C10H16N2O3S.C10H18N2O3.C9H20N2O2.C7H14O2.C5H11NO.C2H4O2.C2H6.BH2I2NO/c13-8(14)4-2-1-3-7-9-6(5-16-7)11-10(15)12-9;1-7-8(12-10(15)11-7)5-3-2-4-6-9(13)14;1-7(10)8(11)5-3-2-4-6-9(12)13;1-2-3-4-5-6-7(8)9;1-3-5(7)4(2)6;1-2(3)4;1-2;4-3-2-1-5/h6-7,9H,1-5H2,(H,13,14)(H2,11,12,15);7-8H,2-6H2,1H3,(H,13,14)(H2,11,12,15);7-8H,2-6,10-11H2,1H3,(H,12,13);2-6H2,1H3,(H,8,9);4H,3,6H2,1-2H3;1H3,(H,3,4);1-2H3;2,4H/i;;;;;;;2T. The van der Waals surface area contributed by atoms with Crippen LogP contribution in [0, 0.1) is 3.56 Å². The molecule has 71 heavy (non-hydrogen) atoms. The van der Waals surface area contributed by atoms with E-state index in [9.17, 15) is 38.3 Å². The van der Waals surface area contributed by atoms with Crippen molar-refractivity contribution in [1.82, 2.24) is 21.3 Å². The summed E-state index contributed by atoms with van der Waals surface area (Å²) in [7, 11) is 0. The minimum absolute atomic E-state index is 0.0273. The van der Waals surface area contributed by atoms with E-state index < -0.39 is 63.7 Å². The average molecular weight is 1270 g/mol. The summed E-state index contributed by atoms with van der Waals surface area (Å²) in [4.78, 5) is 82.2. The fraction of sp³-hybridized carbons (Fsp3) is 0.822. The third-order valence-corrected chi connectivity index (χ3v) is 14.8. The fourth-order valence-corrected chi connectivity index (χ4v) is 8.47. The van der Waals surface area contributed by atoms with Gasteiger partial charge in [-0.25, -0.2) is 9.59 Å². The van der Waals surface area contributed by atoms with Gasteiger partial charge in [-0.05, 0) is 65.7 Å². The van der Waals surface area contributed by atoms with Crippen molar-refractivity contribution in [1.29, 1.82) is 4.16 Å². The van der Waals surface area contributed by atoms with Gasteiger partial charge in [-0.3, -0.25) is 28.8 Å². The summed E-state index contributed by atoms with van der Waals surface area (Å²) >= 11 is -0.834. The van der Waals surface area contributed by atoms with Crippen molar-refractivity contribution < 1.29 is 68.6 Å². The Morgan fingerprint density at radius 1 is 0.746 bits per heavy atom. The van der Waals surface area contributed by atoms with Crippen molar-refractivity contribution in [3.05, 3.63) is 0 Å². The number of thioether (sulfide) groups is 1. The molecule has 3 rings (SSSR count). The van der Waals surface area contributed by atoms with Crippen LogP contribution in [0.1, 0.15) is 184 Å². The molecule has 26 heteroatoms. The summed E-state index contributed by atoms with van der Waals surface area (Å²) in [5.74, 6) is -2.61. The third-order valence-electron chi connectivity index (χ3n) is 10.0. The number of hydrogen-bond donors (Lipinski definition) is 13. The molecular weight excluding hydrogens is 1170 g/mol. The quantitative estimate of drug-likeness (QED) is 0.0165. The minimum atomic E-state index is -1.95. The molecular formula is C45H91BI2N8O14S. The Bertz CT molecular complexity index is 1510. The number of carbonyl (C=O) groups is 8. The zero-order valence-corrected chi connectivity index (χ0v) is 48.5. The summed E-state index contributed by atoms with van der Waals surface area (Å²) in [6.07, 6.45) is 15.5. The molecule has 16 N–H and O–H groups in total. The first-order chi connectivity index (χ1) is 33.8. The van der Waals surface area contributed by atoms with Crippen LogP contribution in [-0.2, 0) is 33.5 Å². The molecule has 0 aromatic heterocycles. The number of nitrogens with two attached hydrogens (primary N) is 3. The van der Waals surface area contributed by atoms with Crippen molar-refractivity contribution >= 4 is 98.3 Å². The number of hydrogen-bond acceptors (Lipinski definition) is 14. The van der Waals surface area contributed by atoms with Crippen LogP contribution in [0.5, 0.6) is 0 Å². The fourth-order valence-electron chi connectivity index (χ4n) is 6.18. The predicted octanol–water partition coefficient (Wildman–Crippen LogP) is 7.36. The summed E-state index contributed by atoms with van der Waals surface area (Å²) < 4.78 is 22.8. The van der Waals surface area contributed by atoms with Crippen molar-refractivity contribution in [2.75, 3.05) is 5.75 Å². The number of halogens is 2. The van der Waals surface area contributed by atoms with Gasteiger partial charge in [-0.2, -0.15) is 11.8 Å². The summed E-state index contributed by atoms with van der Waals surface area (Å²) in [6.45, 7) is 14.6. The van der Waals surface area contributed by atoms with Gasteiger partial charge < -0.3 is 64.0 Å². The summed E-state index contributed by atoms with van der Waals surface area (Å²) in [5, 5.41) is 53.5. The molecule has 0 aromatic rings. The number of nitrogens with one attached hydrogen (secondary N) is 5. The molecule has 0 spiro atoms. The predicted molar refractivity (Wildman–Crippen MR) is 298 cm³/mol. The Morgan fingerprint density at radius 2 is 1.18 bits per heavy atom. The summed E-state index contributed by atoms with van der Waals surface area (Å²) in [6, 6.07) is 0.516. The molecule has 0 bridgehead atoms. The number of Topliss-reactive ketones (excluding diaryl/α,β-unsaturated/α-hetero) is 1. The Balaban J connectivity index is -0.000000251. The van der Waals surface area contributed by atoms with Gasteiger partial charge in [0.2, 0.25) is 0 Å². The molecule has 4 amide bonds. The maximum absolute atomic E-state index is 11.1. The topological polar surface area (TPSA) is 405 Å². The van der Waals surface area contributed by atoms with Crippen LogP contribution in [-0.4, -0.2) is 132 Å². The molecule has 22 nitrogen and oxygen atoms in total. The third kappa shape index (κ3) is 56.1. The number of urea groups is 2. The molecule has 0 saturated carbocycles. The van der Waals surface area contributed by atoms with Crippen molar-refractivity contribution in [3.63, 3.8) is 0 Å². The molecule has 3 aliphatic heterocycles. The number of ketones is 1. The molecule has 3 saturated heterocycles. The van der Waals surface area contributed by atoms with E-state index in [4.69, 9.17) is 51.7 Å². The molecule has 418 valence electrons.